The molecule has 2 aromatic carbocycles. The maximum absolute atomic E-state index is 12.2. The van der Waals surface area contributed by atoms with Crippen molar-refractivity contribution in [2.75, 3.05) is 6.54 Å². The van der Waals surface area contributed by atoms with Crippen molar-refractivity contribution in [2.24, 2.45) is 0 Å². The smallest absolute Gasteiger partial charge is 0.243 e. The molecule has 1 aliphatic carbocycles. The molecule has 1 saturated carbocycles. The molecule has 3 N–H and O–H groups in total. The molecule has 7 heteroatoms. The normalized spacial score (nSPS) is 14.4. The third-order valence-corrected chi connectivity index (χ3v) is 6.65. The Labute approximate surface area is 176 Å². The number of fused-ring (bicyclic) bond motifs is 1. The van der Waals surface area contributed by atoms with Gasteiger partial charge in [0.15, 0.2) is 0 Å². The van der Waals surface area contributed by atoms with Gasteiger partial charge in [0.05, 0.1) is 4.90 Å². The molecule has 0 bridgehead atoms. The number of carbonyl (C=O) groups is 1. The number of aromatic amines is 1. The van der Waals surface area contributed by atoms with E-state index in [1.54, 1.807) is 30.3 Å². The van der Waals surface area contributed by atoms with Crippen molar-refractivity contribution in [3.63, 3.8) is 0 Å². The molecule has 4 rings (SSSR count). The second-order valence-corrected chi connectivity index (χ2v) is 9.27. The minimum Gasteiger partial charge on any atom is -0.361 e. The highest BCUT2D eigenvalue weighted by Crippen LogP contribution is 2.22. The molecule has 1 aliphatic rings. The van der Waals surface area contributed by atoms with Crippen LogP contribution in [0.25, 0.3) is 17.0 Å². The zero-order chi connectivity index (χ0) is 21.0. The number of aryl methyl sites for hydroxylation is 1. The first-order valence-corrected chi connectivity index (χ1v) is 11.6. The molecular weight excluding hydrogens is 398 g/mol. The van der Waals surface area contributed by atoms with E-state index in [0.717, 1.165) is 36.8 Å². The van der Waals surface area contributed by atoms with E-state index in [9.17, 15) is 13.2 Å². The van der Waals surface area contributed by atoms with Crippen LogP contribution in [0.4, 0.5) is 0 Å². The van der Waals surface area contributed by atoms with Gasteiger partial charge < -0.3 is 10.3 Å². The predicted octanol–water partition coefficient (Wildman–Crippen LogP) is 3.37. The van der Waals surface area contributed by atoms with E-state index >= 15 is 0 Å². The SMILES string of the molecule is O=C(/C=C/c1ccc(S(=O)(=O)NC2CC2)cc1)NCCCc1c[nH]c2ccccc12. The van der Waals surface area contributed by atoms with Gasteiger partial charge in [0, 0.05) is 35.8 Å². The van der Waals surface area contributed by atoms with Crippen molar-refractivity contribution in [2.45, 2.75) is 36.6 Å². The molecule has 0 radical (unpaired) electrons. The molecule has 1 heterocycles. The lowest BCUT2D eigenvalue weighted by Crippen LogP contribution is -2.25. The van der Waals surface area contributed by atoms with Gasteiger partial charge in [0.2, 0.25) is 15.9 Å². The summed E-state index contributed by atoms with van der Waals surface area (Å²) in [4.78, 5) is 15.5. The van der Waals surface area contributed by atoms with E-state index < -0.39 is 10.0 Å². The number of rotatable bonds is 9. The Hall–Kier alpha value is -2.90. The van der Waals surface area contributed by atoms with Crippen LogP contribution in [0.2, 0.25) is 0 Å². The van der Waals surface area contributed by atoms with Crippen LogP contribution in [-0.2, 0) is 21.2 Å². The fourth-order valence-corrected chi connectivity index (χ4v) is 4.61. The molecule has 30 heavy (non-hydrogen) atoms. The second-order valence-electron chi connectivity index (χ2n) is 7.55. The van der Waals surface area contributed by atoms with Crippen LogP contribution in [-0.4, -0.2) is 31.9 Å². The predicted molar refractivity (Wildman–Crippen MR) is 118 cm³/mol. The van der Waals surface area contributed by atoms with Crippen molar-refractivity contribution in [1.29, 1.82) is 0 Å². The number of carbonyl (C=O) groups excluding carboxylic acids is 1. The Morgan fingerprint density at radius 1 is 1.10 bits per heavy atom. The van der Waals surface area contributed by atoms with Crippen molar-refractivity contribution in [1.82, 2.24) is 15.0 Å². The highest BCUT2D eigenvalue weighted by atomic mass is 32.2. The minimum atomic E-state index is -3.45. The maximum atomic E-state index is 12.2. The number of benzene rings is 2. The zero-order valence-electron chi connectivity index (χ0n) is 16.6. The molecular formula is C23H25N3O3S. The van der Waals surface area contributed by atoms with Crippen molar-refractivity contribution in [3.8, 4) is 0 Å². The van der Waals surface area contributed by atoms with Gasteiger partial charge in [-0.25, -0.2) is 13.1 Å². The summed E-state index contributed by atoms with van der Waals surface area (Å²) in [6.07, 6.45) is 8.71. The van der Waals surface area contributed by atoms with Crippen molar-refractivity contribution >= 4 is 32.9 Å². The van der Waals surface area contributed by atoms with Crippen molar-refractivity contribution < 1.29 is 13.2 Å². The van der Waals surface area contributed by atoms with Crippen molar-refractivity contribution in [3.05, 3.63) is 71.9 Å². The van der Waals surface area contributed by atoms with Gasteiger partial charge in [-0.3, -0.25) is 4.79 Å². The third-order valence-electron chi connectivity index (χ3n) is 5.11. The fraction of sp³-hybridized carbons (Fsp3) is 0.261. The molecule has 0 saturated heterocycles. The maximum Gasteiger partial charge on any atom is 0.243 e. The summed E-state index contributed by atoms with van der Waals surface area (Å²) in [5.41, 5.74) is 3.15. The summed E-state index contributed by atoms with van der Waals surface area (Å²) in [6, 6.07) is 14.8. The average Bonchev–Trinajstić information content (AvgIpc) is 3.46. The Bertz CT molecular complexity index is 1160. The summed E-state index contributed by atoms with van der Waals surface area (Å²) in [7, 11) is -3.45. The second kappa shape index (κ2) is 8.85. The largest absolute Gasteiger partial charge is 0.361 e. The molecule has 0 atom stereocenters. The molecule has 156 valence electrons. The first kappa shape index (κ1) is 20.4. The highest BCUT2D eigenvalue weighted by Gasteiger charge is 2.27. The summed E-state index contributed by atoms with van der Waals surface area (Å²) >= 11 is 0. The van der Waals surface area contributed by atoms with Crippen LogP contribution >= 0.6 is 0 Å². The van der Waals surface area contributed by atoms with E-state index in [0.29, 0.717) is 6.54 Å². The van der Waals surface area contributed by atoms with Crippen LogP contribution in [0.5, 0.6) is 0 Å². The standard InChI is InChI=1S/C23H25N3O3S/c27-23(24-15-3-4-18-16-25-22-6-2-1-5-21(18)22)14-9-17-7-12-20(13-8-17)30(28,29)26-19-10-11-19/h1-2,5-9,12-14,16,19,25-26H,3-4,10-11,15H2,(H,24,27)/b14-9+. The van der Waals surface area contributed by atoms with Gasteiger partial charge >= 0.3 is 0 Å². The van der Waals surface area contributed by atoms with E-state index in [1.807, 2.05) is 18.3 Å². The quantitative estimate of drug-likeness (QED) is 0.364. The number of para-hydroxylation sites is 1. The first-order valence-electron chi connectivity index (χ1n) is 10.1. The summed E-state index contributed by atoms with van der Waals surface area (Å²) in [5.74, 6) is -0.166. The number of hydrogen-bond acceptors (Lipinski definition) is 3. The average molecular weight is 424 g/mol. The summed E-state index contributed by atoms with van der Waals surface area (Å²) in [6.45, 7) is 0.590. The van der Waals surface area contributed by atoms with E-state index in [2.05, 4.69) is 27.2 Å². The van der Waals surface area contributed by atoms with E-state index in [1.165, 1.54) is 17.0 Å². The highest BCUT2D eigenvalue weighted by molar-refractivity contribution is 7.89. The molecule has 1 aromatic heterocycles. The topological polar surface area (TPSA) is 91.1 Å². The molecule has 1 fully saturated rings. The van der Waals surface area contributed by atoms with Crippen LogP contribution in [0.3, 0.4) is 0 Å². The van der Waals surface area contributed by atoms with Crippen LogP contribution < -0.4 is 10.0 Å². The van der Waals surface area contributed by atoms with Gasteiger partial charge in [-0.2, -0.15) is 0 Å². The lowest BCUT2D eigenvalue weighted by molar-refractivity contribution is -0.116. The minimum absolute atomic E-state index is 0.0780. The Balaban J connectivity index is 1.23. The summed E-state index contributed by atoms with van der Waals surface area (Å²) < 4.78 is 27.0. The Morgan fingerprint density at radius 3 is 2.63 bits per heavy atom. The summed E-state index contributed by atoms with van der Waals surface area (Å²) in [5, 5.41) is 4.11. The van der Waals surface area contributed by atoms with Crippen LogP contribution in [0.15, 0.2) is 65.7 Å². The number of aromatic nitrogens is 1. The number of amides is 1. The van der Waals surface area contributed by atoms with Crippen LogP contribution in [0, 0.1) is 0 Å². The molecule has 3 aromatic rings. The Kier molecular flexibility index (Phi) is 6.01. The number of nitrogens with one attached hydrogen (secondary N) is 3. The molecule has 0 unspecified atom stereocenters. The van der Waals surface area contributed by atoms with Gasteiger partial charge in [0.25, 0.3) is 0 Å². The zero-order valence-corrected chi connectivity index (χ0v) is 17.4. The fourth-order valence-electron chi connectivity index (χ4n) is 3.31. The number of hydrogen-bond donors (Lipinski definition) is 3. The van der Waals surface area contributed by atoms with Gasteiger partial charge in [-0.1, -0.05) is 30.3 Å². The Morgan fingerprint density at radius 2 is 1.87 bits per heavy atom. The molecule has 6 nitrogen and oxygen atoms in total. The van der Waals surface area contributed by atoms with Crippen LogP contribution in [0.1, 0.15) is 30.4 Å². The van der Waals surface area contributed by atoms with Gasteiger partial charge in [-0.05, 0) is 61.1 Å². The number of sulfonamides is 1. The van der Waals surface area contributed by atoms with Gasteiger partial charge in [0.1, 0.15) is 0 Å². The number of H-pyrrole nitrogens is 1. The van der Waals surface area contributed by atoms with E-state index in [4.69, 9.17) is 0 Å². The molecule has 0 aliphatic heterocycles. The molecule has 0 spiro atoms. The van der Waals surface area contributed by atoms with Gasteiger partial charge in [-0.15, -0.1) is 0 Å². The third kappa shape index (κ3) is 5.17. The first-order chi connectivity index (χ1) is 14.5. The monoisotopic (exact) mass is 423 g/mol. The van der Waals surface area contributed by atoms with E-state index in [-0.39, 0.29) is 16.8 Å². The molecule has 1 amide bonds. The lowest BCUT2D eigenvalue weighted by Gasteiger charge is -2.05. The lowest BCUT2D eigenvalue weighted by atomic mass is 10.1.